The molecule has 0 spiro atoms. The van der Waals surface area contributed by atoms with Crippen molar-refractivity contribution in [2.24, 2.45) is 5.41 Å². The SMILES string of the molecule is COc1cccc(C#N)c1NC(=O)C1(C)CCCC1. The molecule has 19 heavy (non-hydrogen) atoms. The summed E-state index contributed by atoms with van der Waals surface area (Å²) < 4.78 is 5.22. The summed E-state index contributed by atoms with van der Waals surface area (Å²) >= 11 is 0. The van der Waals surface area contributed by atoms with Crippen molar-refractivity contribution in [3.63, 3.8) is 0 Å². The highest BCUT2D eigenvalue weighted by Crippen LogP contribution is 2.39. The molecular weight excluding hydrogens is 240 g/mol. The molecule has 100 valence electrons. The Kier molecular flexibility index (Phi) is 3.75. The number of hydrogen-bond acceptors (Lipinski definition) is 3. The molecule has 4 nitrogen and oxygen atoms in total. The highest BCUT2D eigenvalue weighted by atomic mass is 16.5. The monoisotopic (exact) mass is 258 g/mol. The third-order valence-corrected chi connectivity index (χ3v) is 3.86. The van der Waals surface area contributed by atoms with Gasteiger partial charge in [-0.05, 0) is 25.0 Å². The van der Waals surface area contributed by atoms with Gasteiger partial charge in [-0.25, -0.2) is 0 Å². The van der Waals surface area contributed by atoms with Crippen LogP contribution in [0.2, 0.25) is 0 Å². The van der Waals surface area contributed by atoms with Crippen molar-refractivity contribution in [1.82, 2.24) is 0 Å². The van der Waals surface area contributed by atoms with Crippen LogP contribution in [0.15, 0.2) is 18.2 Å². The van der Waals surface area contributed by atoms with Gasteiger partial charge in [-0.15, -0.1) is 0 Å². The number of para-hydroxylation sites is 1. The number of nitriles is 1. The van der Waals surface area contributed by atoms with E-state index in [9.17, 15) is 4.79 Å². The van der Waals surface area contributed by atoms with Gasteiger partial charge >= 0.3 is 0 Å². The Morgan fingerprint density at radius 3 is 2.68 bits per heavy atom. The molecule has 0 bridgehead atoms. The number of hydrogen-bond donors (Lipinski definition) is 1. The molecule has 0 radical (unpaired) electrons. The zero-order chi connectivity index (χ0) is 13.9. The van der Waals surface area contributed by atoms with E-state index in [0.29, 0.717) is 17.0 Å². The smallest absolute Gasteiger partial charge is 0.230 e. The molecule has 1 aromatic rings. The first kappa shape index (κ1) is 13.4. The van der Waals surface area contributed by atoms with Crippen LogP contribution < -0.4 is 10.1 Å². The van der Waals surface area contributed by atoms with Crippen LogP contribution in [0.25, 0.3) is 0 Å². The molecule has 0 unspecified atom stereocenters. The Hall–Kier alpha value is -2.02. The fourth-order valence-electron chi connectivity index (χ4n) is 2.57. The molecule has 0 heterocycles. The van der Waals surface area contributed by atoms with E-state index in [0.717, 1.165) is 25.7 Å². The minimum atomic E-state index is -0.326. The fraction of sp³-hybridized carbons (Fsp3) is 0.467. The number of carbonyl (C=O) groups excluding carboxylic acids is 1. The quantitative estimate of drug-likeness (QED) is 0.906. The normalized spacial score (nSPS) is 16.7. The molecule has 1 aliphatic carbocycles. The second-order valence-electron chi connectivity index (χ2n) is 5.22. The van der Waals surface area contributed by atoms with Gasteiger partial charge in [0.15, 0.2) is 0 Å². The van der Waals surface area contributed by atoms with Crippen LogP contribution in [-0.2, 0) is 4.79 Å². The molecule has 0 saturated heterocycles. The van der Waals surface area contributed by atoms with Crippen molar-refractivity contribution in [2.75, 3.05) is 12.4 Å². The number of nitrogens with zero attached hydrogens (tertiary/aromatic N) is 1. The molecule has 4 heteroatoms. The molecule has 2 rings (SSSR count). The Labute approximate surface area is 113 Å². The van der Waals surface area contributed by atoms with Crippen LogP contribution >= 0.6 is 0 Å². The van der Waals surface area contributed by atoms with Crippen LogP contribution in [-0.4, -0.2) is 13.0 Å². The molecule has 1 fully saturated rings. The largest absolute Gasteiger partial charge is 0.495 e. The van der Waals surface area contributed by atoms with E-state index >= 15 is 0 Å². The summed E-state index contributed by atoms with van der Waals surface area (Å²) in [5.41, 5.74) is 0.577. The Morgan fingerprint density at radius 2 is 2.11 bits per heavy atom. The van der Waals surface area contributed by atoms with Crippen LogP contribution in [0.5, 0.6) is 5.75 Å². The molecule has 0 aromatic heterocycles. The second-order valence-corrected chi connectivity index (χ2v) is 5.22. The summed E-state index contributed by atoms with van der Waals surface area (Å²) in [4.78, 5) is 12.4. The number of nitrogens with one attached hydrogen (secondary N) is 1. The summed E-state index contributed by atoms with van der Waals surface area (Å²) in [6, 6.07) is 7.24. The number of carbonyl (C=O) groups is 1. The standard InChI is InChI=1S/C15H18N2O2/c1-15(8-3-4-9-15)14(18)17-13-11(10-16)6-5-7-12(13)19-2/h5-7H,3-4,8-9H2,1-2H3,(H,17,18). The van der Waals surface area contributed by atoms with Gasteiger partial charge in [0, 0.05) is 5.41 Å². The van der Waals surface area contributed by atoms with E-state index in [2.05, 4.69) is 11.4 Å². The predicted octanol–water partition coefficient (Wildman–Crippen LogP) is 3.09. The van der Waals surface area contributed by atoms with Gasteiger partial charge in [0.25, 0.3) is 0 Å². The lowest BCUT2D eigenvalue weighted by atomic mass is 9.87. The van der Waals surface area contributed by atoms with Gasteiger partial charge in [-0.1, -0.05) is 25.8 Å². The van der Waals surface area contributed by atoms with Gasteiger partial charge in [-0.3, -0.25) is 4.79 Å². The predicted molar refractivity (Wildman–Crippen MR) is 72.9 cm³/mol. The van der Waals surface area contributed by atoms with Crippen LogP contribution in [0.1, 0.15) is 38.2 Å². The van der Waals surface area contributed by atoms with E-state index in [4.69, 9.17) is 10.00 Å². The van der Waals surface area contributed by atoms with E-state index < -0.39 is 0 Å². The van der Waals surface area contributed by atoms with E-state index in [1.54, 1.807) is 18.2 Å². The minimum Gasteiger partial charge on any atom is -0.495 e. The van der Waals surface area contributed by atoms with Crippen molar-refractivity contribution >= 4 is 11.6 Å². The topological polar surface area (TPSA) is 62.1 Å². The summed E-state index contributed by atoms with van der Waals surface area (Å²) in [5, 5.41) is 12.0. The maximum absolute atomic E-state index is 12.4. The first-order chi connectivity index (χ1) is 9.10. The number of methoxy groups -OCH3 is 1. The maximum Gasteiger partial charge on any atom is 0.230 e. The summed E-state index contributed by atoms with van der Waals surface area (Å²) in [6.07, 6.45) is 3.97. The number of amides is 1. The lowest BCUT2D eigenvalue weighted by molar-refractivity contribution is -0.124. The first-order valence-electron chi connectivity index (χ1n) is 6.49. The van der Waals surface area contributed by atoms with Crippen LogP contribution in [0.4, 0.5) is 5.69 Å². The summed E-state index contributed by atoms with van der Waals surface area (Å²) in [6.45, 7) is 1.98. The number of benzene rings is 1. The highest BCUT2D eigenvalue weighted by Gasteiger charge is 2.36. The second kappa shape index (κ2) is 5.31. The summed E-state index contributed by atoms with van der Waals surface area (Å²) in [5.74, 6) is 0.500. The maximum atomic E-state index is 12.4. The van der Waals surface area contributed by atoms with Crippen LogP contribution in [0, 0.1) is 16.7 Å². The highest BCUT2D eigenvalue weighted by molar-refractivity contribution is 5.97. The Balaban J connectivity index is 2.28. The van der Waals surface area contributed by atoms with Crippen molar-refractivity contribution in [3.05, 3.63) is 23.8 Å². The third-order valence-electron chi connectivity index (χ3n) is 3.86. The molecule has 1 N–H and O–H groups in total. The van der Waals surface area contributed by atoms with Gasteiger partial charge in [0.2, 0.25) is 5.91 Å². The Morgan fingerprint density at radius 1 is 1.42 bits per heavy atom. The lowest BCUT2D eigenvalue weighted by Gasteiger charge is -2.23. The van der Waals surface area contributed by atoms with Gasteiger partial charge < -0.3 is 10.1 Å². The number of rotatable bonds is 3. The molecular formula is C15H18N2O2. The zero-order valence-electron chi connectivity index (χ0n) is 11.3. The minimum absolute atomic E-state index is 0.0222. The third kappa shape index (κ3) is 2.55. The van der Waals surface area contributed by atoms with Crippen molar-refractivity contribution < 1.29 is 9.53 Å². The van der Waals surface area contributed by atoms with Gasteiger partial charge in [0.1, 0.15) is 17.5 Å². The van der Waals surface area contributed by atoms with E-state index in [1.165, 1.54) is 7.11 Å². The molecule has 1 aromatic carbocycles. The number of ether oxygens (including phenoxy) is 1. The van der Waals surface area contributed by atoms with Crippen LogP contribution in [0.3, 0.4) is 0 Å². The molecule has 0 aliphatic heterocycles. The van der Waals surface area contributed by atoms with Crippen molar-refractivity contribution in [1.29, 1.82) is 5.26 Å². The Bertz CT molecular complexity index is 525. The van der Waals surface area contributed by atoms with E-state index in [-0.39, 0.29) is 11.3 Å². The zero-order valence-corrected chi connectivity index (χ0v) is 11.3. The van der Waals surface area contributed by atoms with Crippen molar-refractivity contribution in [2.45, 2.75) is 32.6 Å². The molecule has 1 amide bonds. The molecule has 1 aliphatic rings. The summed E-state index contributed by atoms with van der Waals surface area (Å²) in [7, 11) is 1.53. The molecule has 0 atom stereocenters. The number of anilines is 1. The van der Waals surface area contributed by atoms with E-state index in [1.807, 2.05) is 6.92 Å². The average Bonchev–Trinajstić information content (AvgIpc) is 2.87. The van der Waals surface area contributed by atoms with Gasteiger partial charge in [-0.2, -0.15) is 5.26 Å². The van der Waals surface area contributed by atoms with Crippen molar-refractivity contribution in [3.8, 4) is 11.8 Å². The fourth-order valence-corrected chi connectivity index (χ4v) is 2.57. The molecule has 1 saturated carbocycles. The van der Waals surface area contributed by atoms with Gasteiger partial charge in [0.05, 0.1) is 12.7 Å². The first-order valence-corrected chi connectivity index (χ1v) is 6.49. The average molecular weight is 258 g/mol. The lowest BCUT2D eigenvalue weighted by Crippen LogP contribution is -2.31.